The second-order valence-electron chi connectivity index (χ2n) is 8.38. The molecule has 0 aromatic heterocycles. The largest absolute Gasteiger partial charge is 0.370 e. The second kappa shape index (κ2) is 11.0. The highest BCUT2D eigenvalue weighted by Gasteiger charge is 2.39. The van der Waals surface area contributed by atoms with Crippen molar-refractivity contribution < 1.29 is 13.2 Å². The van der Waals surface area contributed by atoms with Crippen LogP contribution in [-0.4, -0.2) is 56.0 Å². The van der Waals surface area contributed by atoms with E-state index in [1.54, 1.807) is 28.6 Å². The summed E-state index contributed by atoms with van der Waals surface area (Å²) in [6.45, 7) is 3.86. The van der Waals surface area contributed by atoms with Gasteiger partial charge in [0, 0.05) is 39.3 Å². The van der Waals surface area contributed by atoms with E-state index < -0.39 is 10.0 Å². The van der Waals surface area contributed by atoms with Gasteiger partial charge in [-0.05, 0) is 23.3 Å². The van der Waals surface area contributed by atoms with Crippen LogP contribution in [0.2, 0.25) is 0 Å². The first-order valence-corrected chi connectivity index (χ1v) is 12.7. The van der Waals surface area contributed by atoms with Gasteiger partial charge in [0.15, 0.2) is 0 Å². The predicted molar refractivity (Wildman–Crippen MR) is 130 cm³/mol. The Kier molecular flexibility index (Phi) is 7.90. The van der Waals surface area contributed by atoms with Crippen LogP contribution in [0.4, 0.5) is 0 Å². The lowest BCUT2D eigenvalue weighted by atomic mass is 10.1. The van der Waals surface area contributed by atoms with E-state index in [1.807, 2.05) is 54.6 Å². The lowest BCUT2D eigenvalue weighted by molar-refractivity contribution is -0.124. The number of ether oxygens (including phenoxy) is 1. The Balaban J connectivity index is 0.000000275. The molecule has 3 aromatic carbocycles. The maximum absolute atomic E-state index is 12.8. The minimum Gasteiger partial charge on any atom is -0.370 e. The van der Waals surface area contributed by atoms with Crippen molar-refractivity contribution in [3.8, 4) is 0 Å². The Labute approximate surface area is 196 Å². The molecule has 5 rings (SSSR count). The number of nitrogens with zero attached hydrogens (tertiary/aromatic N) is 2. The van der Waals surface area contributed by atoms with Crippen LogP contribution >= 0.6 is 0 Å². The average Bonchev–Trinajstić information content (AvgIpc) is 2.85. The van der Waals surface area contributed by atoms with Gasteiger partial charge in [0.05, 0.1) is 17.1 Å². The van der Waals surface area contributed by atoms with Crippen molar-refractivity contribution in [2.75, 3.05) is 26.2 Å². The summed E-state index contributed by atoms with van der Waals surface area (Å²) in [4.78, 5) is 2.72. The predicted octanol–water partition coefficient (Wildman–Crippen LogP) is 3.11. The first kappa shape index (κ1) is 23.6. The zero-order valence-corrected chi connectivity index (χ0v) is 19.5. The third kappa shape index (κ3) is 6.28. The monoisotopic (exact) mass is 465 g/mol. The van der Waals surface area contributed by atoms with E-state index in [0.29, 0.717) is 24.5 Å². The zero-order chi connectivity index (χ0) is 23.1. The van der Waals surface area contributed by atoms with Gasteiger partial charge in [-0.3, -0.25) is 4.90 Å². The Bertz CT molecular complexity index is 1080. The molecule has 2 atom stereocenters. The van der Waals surface area contributed by atoms with Crippen molar-refractivity contribution in [1.82, 2.24) is 9.21 Å². The molecule has 6 nitrogen and oxygen atoms in total. The highest BCUT2D eigenvalue weighted by Crippen LogP contribution is 2.25. The number of sulfonamides is 1. The van der Waals surface area contributed by atoms with Crippen molar-refractivity contribution in [3.05, 3.63) is 102 Å². The van der Waals surface area contributed by atoms with Crippen LogP contribution in [0.5, 0.6) is 0 Å². The van der Waals surface area contributed by atoms with E-state index in [2.05, 4.69) is 17.0 Å². The fourth-order valence-corrected chi connectivity index (χ4v) is 5.79. The summed E-state index contributed by atoms with van der Waals surface area (Å²) < 4.78 is 33.3. The van der Waals surface area contributed by atoms with Crippen LogP contribution in [0.1, 0.15) is 11.1 Å². The van der Waals surface area contributed by atoms with E-state index in [9.17, 15) is 8.42 Å². The molecule has 2 N–H and O–H groups in total. The molecule has 0 saturated carbocycles. The summed E-state index contributed by atoms with van der Waals surface area (Å²) in [6, 6.07) is 29.0. The van der Waals surface area contributed by atoms with Gasteiger partial charge >= 0.3 is 0 Å². The van der Waals surface area contributed by atoms with Gasteiger partial charge in [-0.1, -0.05) is 78.9 Å². The molecule has 7 heteroatoms. The third-order valence-corrected chi connectivity index (χ3v) is 7.68. The Hall–Kier alpha value is -2.55. The fourth-order valence-electron chi connectivity index (χ4n) is 4.26. The minimum atomic E-state index is -3.45. The quantitative estimate of drug-likeness (QED) is 0.627. The highest BCUT2D eigenvalue weighted by atomic mass is 32.2. The van der Waals surface area contributed by atoms with Gasteiger partial charge < -0.3 is 10.5 Å². The van der Waals surface area contributed by atoms with E-state index in [4.69, 9.17) is 10.5 Å². The molecular weight excluding hydrogens is 434 g/mol. The molecule has 2 aliphatic rings. The molecule has 174 valence electrons. The fraction of sp³-hybridized carbons (Fsp3) is 0.308. The van der Waals surface area contributed by atoms with Gasteiger partial charge in [-0.15, -0.1) is 0 Å². The van der Waals surface area contributed by atoms with Gasteiger partial charge in [0.2, 0.25) is 10.0 Å². The number of hydrogen-bond acceptors (Lipinski definition) is 5. The highest BCUT2D eigenvalue weighted by molar-refractivity contribution is 7.89. The molecule has 2 heterocycles. The molecule has 0 aliphatic carbocycles. The number of benzene rings is 3. The lowest BCUT2D eigenvalue weighted by Crippen LogP contribution is -2.60. The maximum Gasteiger partial charge on any atom is 0.243 e. The molecule has 2 fully saturated rings. The summed E-state index contributed by atoms with van der Waals surface area (Å²) >= 11 is 0. The average molecular weight is 466 g/mol. The zero-order valence-electron chi connectivity index (χ0n) is 18.7. The van der Waals surface area contributed by atoms with Crippen LogP contribution in [0.15, 0.2) is 95.9 Å². The number of rotatable bonds is 5. The standard InChI is InChI=1S/C19H22N2O3S.C7H9N/c22-25(23,19-9-5-2-6-10-19)21-14-17-12-20(13-18(15-21)24-17)11-16-7-3-1-4-8-16;8-6-7-4-2-1-3-5-7/h1-10,17-18H,11-15H2;1-5H,6,8H2. The SMILES string of the molecule is NCc1ccccc1.O=S(=O)(c1ccccc1)N1CC2CN(Cc3ccccc3)CC(C1)O2. The second-order valence-corrected chi connectivity index (χ2v) is 10.3. The van der Waals surface area contributed by atoms with Crippen LogP contribution in [0, 0.1) is 0 Å². The van der Waals surface area contributed by atoms with E-state index >= 15 is 0 Å². The summed E-state index contributed by atoms with van der Waals surface area (Å²) in [5, 5.41) is 0. The molecule has 0 amide bonds. The van der Waals surface area contributed by atoms with Crippen molar-refractivity contribution in [2.24, 2.45) is 5.73 Å². The van der Waals surface area contributed by atoms with Crippen LogP contribution < -0.4 is 5.73 Å². The first-order chi connectivity index (χ1) is 16.0. The van der Waals surface area contributed by atoms with Crippen molar-refractivity contribution in [2.45, 2.75) is 30.2 Å². The Morgan fingerprint density at radius 1 is 0.727 bits per heavy atom. The molecule has 2 saturated heterocycles. The molecule has 2 unspecified atom stereocenters. The van der Waals surface area contributed by atoms with Crippen LogP contribution in [-0.2, 0) is 27.8 Å². The number of hydrogen-bond donors (Lipinski definition) is 1. The summed E-state index contributed by atoms with van der Waals surface area (Å²) in [6.07, 6.45) is -0.149. The van der Waals surface area contributed by atoms with Gasteiger partial charge in [-0.2, -0.15) is 4.31 Å². The smallest absolute Gasteiger partial charge is 0.243 e. The molecule has 0 radical (unpaired) electrons. The third-order valence-electron chi connectivity index (χ3n) is 5.83. The molecule has 2 aliphatic heterocycles. The molecule has 0 spiro atoms. The molecule has 2 bridgehead atoms. The minimum absolute atomic E-state index is 0.0744. The van der Waals surface area contributed by atoms with E-state index in [1.165, 1.54) is 11.1 Å². The van der Waals surface area contributed by atoms with Gasteiger partial charge in [0.25, 0.3) is 0 Å². The molecule has 3 aromatic rings. The topological polar surface area (TPSA) is 75.9 Å². The molecule has 33 heavy (non-hydrogen) atoms. The Morgan fingerprint density at radius 2 is 1.21 bits per heavy atom. The first-order valence-electron chi connectivity index (χ1n) is 11.3. The van der Waals surface area contributed by atoms with Crippen molar-refractivity contribution >= 4 is 10.0 Å². The van der Waals surface area contributed by atoms with Crippen molar-refractivity contribution in [1.29, 1.82) is 0 Å². The lowest BCUT2D eigenvalue weighted by Gasteiger charge is -2.45. The summed E-state index contributed by atoms with van der Waals surface area (Å²) in [5.74, 6) is 0. The maximum atomic E-state index is 12.8. The van der Waals surface area contributed by atoms with Gasteiger partial charge in [0.1, 0.15) is 0 Å². The molecular formula is C26H31N3O3S. The van der Waals surface area contributed by atoms with Crippen LogP contribution in [0.25, 0.3) is 0 Å². The van der Waals surface area contributed by atoms with E-state index in [0.717, 1.165) is 19.6 Å². The van der Waals surface area contributed by atoms with Crippen LogP contribution in [0.3, 0.4) is 0 Å². The number of morpholine rings is 2. The number of nitrogens with two attached hydrogens (primary N) is 1. The normalized spacial score (nSPS) is 21.1. The van der Waals surface area contributed by atoms with E-state index in [-0.39, 0.29) is 12.2 Å². The summed E-state index contributed by atoms with van der Waals surface area (Å²) in [7, 11) is -3.45. The van der Waals surface area contributed by atoms with Gasteiger partial charge in [-0.25, -0.2) is 8.42 Å². The Morgan fingerprint density at radius 3 is 1.70 bits per heavy atom. The summed E-state index contributed by atoms with van der Waals surface area (Å²) in [5.41, 5.74) is 7.81. The number of fused-ring (bicyclic) bond motifs is 2. The van der Waals surface area contributed by atoms with Crippen molar-refractivity contribution in [3.63, 3.8) is 0 Å².